The molecule has 3 N–H and O–H groups in total. The van der Waals surface area contributed by atoms with Crippen LogP contribution in [0.2, 0.25) is 5.02 Å². The highest BCUT2D eigenvalue weighted by molar-refractivity contribution is 6.32. The molecule has 16 heavy (non-hydrogen) atoms. The summed E-state index contributed by atoms with van der Waals surface area (Å²) in [5.74, 6) is 0.561. The number of benzene rings is 1. The van der Waals surface area contributed by atoms with Crippen molar-refractivity contribution in [1.29, 1.82) is 0 Å². The zero-order valence-corrected chi connectivity index (χ0v) is 9.65. The molecule has 1 unspecified atom stereocenters. The van der Waals surface area contributed by atoms with Gasteiger partial charge in [0.25, 0.3) is 0 Å². The smallest absolute Gasteiger partial charge is 0.138 e. The highest BCUT2D eigenvalue weighted by atomic mass is 35.5. The Bertz CT molecular complexity index is 309. The van der Waals surface area contributed by atoms with Gasteiger partial charge in [0.1, 0.15) is 18.5 Å². The lowest BCUT2D eigenvalue weighted by atomic mass is 10.3. The first-order valence-electron chi connectivity index (χ1n) is 5.11. The zero-order valence-electron chi connectivity index (χ0n) is 8.90. The van der Waals surface area contributed by atoms with E-state index in [0.717, 1.165) is 0 Å². The average Bonchev–Trinajstić information content (AvgIpc) is 2.28. The summed E-state index contributed by atoms with van der Waals surface area (Å²) >= 11 is 5.88. The molecule has 0 aliphatic carbocycles. The van der Waals surface area contributed by atoms with Gasteiger partial charge in [-0.25, -0.2) is 0 Å². The fourth-order valence-electron chi connectivity index (χ4n) is 1.15. The number of nitrogens with one attached hydrogen (secondary N) is 1. The minimum absolute atomic E-state index is 0.0537. The van der Waals surface area contributed by atoms with Gasteiger partial charge in [0.05, 0.1) is 11.6 Å². The van der Waals surface area contributed by atoms with Gasteiger partial charge in [-0.05, 0) is 12.1 Å². The highest BCUT2D eigenvalue weighted by Crippen LogP contribution is 2.22. The van der Waals surface area contributed by atoms with E-state index in [1.165, 1.54) is 0 Å². The average molecular weight is 246 g/mol. The van der Waals surface area contributed by atoms with E-state index in [1.807, 2.05) is 12.1 Å². The minimum atomic E-state index is -0.622. The standard InChI is InChI=1S/C11H16ClNO3/c12-10-3-1-2-4-11(10)16-8-9(15)7-13-5-6-14/h1-4,9,13-15H,5-8H2. The van der Waals surface area contributed by atoms with E-state index in [0.29, 0.717) is 23.9 Å². The lowest BCUT2D eigenvalue weighted by Crippen LogP contribution is -2.32. The molecular formula is C11H16ClNO3. The van der Waals surface area contributed by atoms with Crippen molar-refractivity contribution in [3.05, 3.63) is 29.3 Å². The zero-order chi connectivity index (χ0) is 11.8. The first-order chi connectivity index (χ1) is 7.74. The molecule has 1 aromatic rings. The molecule has 1 rings (SSSR count). The molecule has 0 bridgehead atoms. The van der Waals surface area contributed by atoms with Crippen molar-refractivity contribution in [2.45, 2.75) is 6.10 Å². The van der Waals surface area contributed by atoms with E-state index in [-0.39, 0.29) is 13.2 Å². The molecule has 0 aliphatic rings. The second kappa shape index (κ2) is 7.46. The fraction of sp³-hybridized carbons (Fsp3) is 0.455. The number of para-hydroxylation sites is 1. The van der Waals surface area contributed by atoms with E-state index in [1.54, 1.807) is 12.1 Å². The Morgan fingerprint density at radius 2 is 2.12 bits per heavy atom. The van der Waals surface area contributed by atoms with E-state index in [2.05, 4.69) is 5.32 Å². The van der Waals surface area contributed by atoms with Crippen LogP contribution < -0.4 is 10.1 Å². The largest absolute Gasteiger partial charge is 0.489 e. The van der Waals surface area contributed by atoms with E-state index >= 15 is 0 Å². The predicted molar refractivity (Wildman–Crippen MR) is 62.9 cm³/mol. The molecule has 0 aromatic heterocycles. The first kappa shape index (κ1) is 13.3. The fourth-order valence-corrected chi connectivity index (χ4v) is 1.34. The Hall–Kier alpha value is -0.810. The van der Waals surface area contributed by atoms with Crippen LogP contribution in [0.1, 0.15) is 0 Å². The maximum Gasteiger partial charge on any atom is 0.138 e. The maximum atomic E-state index is 9.52. The number of aliphatic hydroxyl groups is 2. The molecule has 1 aromatic carbocycles. The Morgan fingerprint density at radius 1 is 1.38 bits per heavy atom. The molecule has 0 spiro atoms. The molecular weight excluding hydrogens is 230 g/mol. The second-order valence-corrected chi connectivity index (χ2v) is 3.73. The van der Waals surface area contributed by atoms with Crippen molar-refractivity contribution in [2.75, 3.05) is 26.3 Å². The number of ether oxygens (including phenoxy) is 1. The molecule has 90 valence electrons. The monoisotopic (exact) mass is 245 g/mol. The molecule has 0 aliphatic heterocycles. The van der Waals surface area contributed by atoms with Crippen LogP contribution in [0.25, 0.3) is 0 Å². The Kier molecular flexibility index (Phi) is 6.18. The quantitative estimate of drug-likeness (QED) is 0.618. The third-order valence-electron chi connectivity index (χ3n) is 1.94. The SMILES string of the molecule is OCCNCC(O)COc1ccccc1Cl. The topological polar surface area (TPSA) is 61.7 Å². The van der Waals surface area contributed by atoms with Gasteiger partial charge in [-0.3, -0.25) is 0 Å². The third kappa shape index (κ3) is 4.81. The van der Waals surface area contributed by atoms with Crippen LogP contribution in [0.15, 0.2) is 24.3 Å². The summed E-state index contributed by atoms with van der Waals surface area (Å²) in [5.41, 5.74) is 0. The van der Waals surface area contributed by atoms with Crippen LogP contribution in [0.4, 0.5) is 0 Å². The van der Waals surface area contributed by atoms with Crippen molar-refractivity contribution in [3.8, 4) is 5.75 Å². The van der Waals surface area contributed by atoms with Gasteiger partial charge in [-0.15, -0.1) is 0 Å². The van der Waals surface area contributed by atoms with E-state index in [4.69, 9.17) is 21.4 Å². The molecule has 0 heterocycles. The first-order valence-corrected chi connectivity index (χ1v) is 5.49. The lowest BCUT2D eigenvalue weighted by Gasteiger charge is -2.13. The Balaban J connectivity index is 2.26. The van der Waals surface area contributed by atoms with Crippen LogP contribution in [-0.4, -0.2) is 42.6 Å². The molecule has 0 amide bonds. The third-order valence-corrected chi connectivity index (χ3v) is 2.25. The second-order valence-electron chi connectivity index (χ2n) is 3.32. The van der Waals surface area contributed by atoms with Crippen molar-refractivity contribution < 1.29 is 14.9 Å². The molecule has 0 saturated heterocycles. The van der Waals surface area contributed by atoms with Gasteiger partial charge in [0, 0.05) is 13.1 Å². The predicted octanol–water partition coefficient (Wildman–Crippen LogP) is 0.662. The molecule has 0 radical (unpaired) electrons. The minimum Gasteiger partial charge on any atom is -0.489 e. The number of halogens is 1. The normalized spacial score (nSPS) is 12.4. The van der Waals surface area contributed by atoms with Crippen molar-refractivity contribution >= 4 is 11.6 Å². The van der Waals surface area contributed by atoms with Crippen LogP contribution in [0.3, 0.4) is 0 Å². The molecule has 4 nitrogen and oxygen atoms in total. The highest BCUT2D eigenvalue weighted by Gasteiger charge is 2.06. The molecule has 0 saturated carbocycles. The molecule has 0 fully saturated rings. The van der Waals surface area contributed by atoms with E-state index in [9.17, 15) is 5.11 Å². The van der Waals surface area contributed by atoms with Gasteiger partial charge < -0.3 is 20.3 Å². The number of hydrogen-bond acceptors (Lipinski definition) is 4. The Morgan fingerprint density at radius 3 is 2.81 bits per heavy atom. The van der Waals surface area contributed by atoms with E-state index < -0.39 is 6.10 Å². The number of aliphatic hydroxyl groups excluding tert-OH is 2. The summed E-state index contributed by atoms with van der Waals surface area (Å²) < 4.78 is 5.34. The summed E-state index contributed by atoms with van der Waals surface area (Å²) in [5, 5.41) is 21.4. The van der Waals surface area contributed by atoms with Gasteiger partial charge in [-0.2, -0.15) is 0 Å². The van der Waals surface area contributed by atoms with Crippen LogP contribution in [-0.2, 0) is 0 Å². The van der Waals surface area contributed by atoms with Crippen molar-refractivity contribution in [2.24, 2.45) is 0 Å². The van der Waals surface area contributed by atoms with Crippen LogP contribution in [0.5, 0.6) is 5.75 Å². The van der Waals surface area contributed by atoms with Crippen molar-refractivity contribution in [3.63, 3.8) is 0 Å². The lowest BCUT2D eigenvalue weighted by molar-refractivity contribution is 0.105. The van der Waals surface area contributed by atoms with Gasteiger partial charge in [0.15, 0.2) is 0 Å². The summed E-state index contributed by atoms with van der Waals surface area (Å²) in [7, 11) is 0. The van der Waals surface area contributed by atoms with Crippen molar-refractivity contribution in [1.82, 2.24) is 5.32 Å². The maximum absolute atomic E-state index is 9.52. The summed E-state index contributed by atoms with van der Waals surface area (Å²) in [4.78, 5) is 0. The molecule has 1 atom stereocenters. The van der Waals surface area contributed by atoms with Gasteiger partial charge in [0.2, 0.25) is 0 Å². The number of rotatable bonds is 7. The van der Waals surface area contributed by atoms with Crippen LogP contribution >= 0.6 is 11.6 Å². The Labute approximate surface area is 99.8 Å². The summed E-state index contributed by atoms with van der Waals surface area (Å²) in [6.45, 7) is 1.06. The summed E-state index contributed by atoms with van der Waals surface area (Å²) in [6, 6.07) is 7.11. The number of hydrogen-bond donors (Lipinski definition) is 3. The van der Waals surface area contributed by atoms with Crippen LogP contribution in [0, 0.1) is 0 Å². The summed E-state index contributed by atoms with van der Waals surface area (Å²) in [6.07, 6.45) is -0.622. The van der Waals surface area contributed by atoms with Gasteiger partial charge >= 0.3 is 0 Å². The van der Waals surface area contributed by atoms with Gasteiger partial charge in [-0.1, -0.05) is 23.7 Å². The molecule has 5 heteroatoms.